The van der Waals surface area contributed by atoms with Gasteiger partial charge in [0.1, 0.15) is 17.2 Å². The van der Waals surface area contributed by atoms with Gasteiger partial charge in [-0.05, 0) is 38.1 Å². The van der Waals surface area contributed by atoms with Gasteiger partial charge in [0, 0.05) is 18.8 Å². The lowest BCUT2D eigenvalue weighted by molar-refractivity contribution is 0.0998. The first-order chi connectivity index (χ1) is 11.4. The molecule has 8 heteroatoms. The van der Waals surface area contributed by atoms with E-state index >= 15 is 0 Å². The molecule has 0 spiro atoms. The minimum Gasteiger partial charge on any atom is -0.384 e. The van der Waals surface area contributed by atoms with Crippen LogP contribution in [0.2, 0.25) is 0 Å². The molecule has 0 aliphatic heterocycles. The van der Waals surface area contributed by atoms with Gasteiger partial charge in [-0.1, -0.05) is 0 Å². The monoisotopic (exact) mass is 334 g/mol. The highest BCUT2D eigenvalue weighted by molar-refractivity contribution is 6.02. The third kappa shape index (κ3) is 3.37. The van der Waals surface area contributed by atoms with E-state index < -0.39 is 17.0 Å². The fourth-order valence-electron chi connectivity index (χ4n) is 2.46. The first kappa shape index (κ1) is 17.5. The van der Waals surface area contributed by atoms with E-state index in [2.05, 4.69) is 4.98 Å². The summed E-state index contributed by atoms with van der Waals surface area (Å²) in [4.78, 5) is 40.0. The normalized spacial score (nSPS) is 10.6. The molecular formula is C16H19FN4O3. The Balaban J connectivity index is 2.37. The molecule has 1 aromatic carbocycles. The molecule has 0 fully saturated rings. The number of rotatable bonds is 6. The van der Waals surface area contributed by atoms with Crippen LogP contribution in [0.5, 0.6) is 0 Å². The van der Waals surface area contributed by atoms with Crippen LogP contribution in [0, 0.1) is 5.82 Å². The van der Waals surface area contributed by atoms with Crippen LogP contribution in [0.25, 0.3) is 0 Å². The second kappa shape index (κ2) is 7.12. The molecule has 0 radical (unpaired) electrons. The minimum atomic E-state index is -0.803. The molecule has 0 amide bonds. The molecule has 0 unspecified atom stereocenters. The number of H-pyrrole nitrogens is 1. The molecule has 0 atom stereocenters. The molecule has 1 aromatic heterocycles. The molecule has 0 aliphatic carbocycles. The predicted octanol–water partition coefficient (Wildman–Crippen LogP) is 0.987. The Hall–Kier alpha value is -2.90. The number of carbonyl (C=O) groups excluding carboxylic acids is 1. The summed E-state index contributed by atoms with van der Waals surface area (Å²) in [6, 6.07) is 5.68. The van der Waals surface area contributed by atoms with Crippen molar-refractivity contribution < 1.29 is 9.18 Å². The summed E-state index contributed by atoms with van der Waals surface area (Å²) in [5.74, 6) is -1.04. The number of nitrogens with two attached hydrogens (primary N) is 1. The second-order valence-corrected chi connectivity index (χ2v) is 5.18. The number of aromatic nitrogens is 2. The fraction of sp³-hybridized carbons (Fsp3) is 0.312. The van der Waals surface area contributed by atoms with Gasteiger partial charge >= 0.3 is 5.69 Å². The van der Waals surface area contributed by atoms with Crippen molar-refractivity contribution >= 4 is 17.3 Å². The van der Waals surface area contributed by atoms with Crippen molar-refractivity contribution in [2.24, 2.45) is 0 Å². The highest BCUT2D eigenvalue weighted by atomic mass is 19.1. The van der Waals surface area contributed by atoms with Crippen molar-refractivity contribution in [1.82, 2.24) is 9.55 Å². The van der Waals surface area contributed by atoms with Gasteiger partial charge < -0.3 is 10.6 Å². The molecule has 2 aromatic rings. The first-order valence-corrected chi connectivity index (χ1v) is 7.55. The van der Waals surface area contributed by atoms with E-state index in [4.69, 9.17) is 5.73 Å². The van der Waals surface area contributed by atoms with Gasteiger partial charge in [-0.3, -0.25) is 19.1 Å². The van der Waals surface area contributed by atoms with Crippen molar-refractivity contribution in [2.45, 2.75) is 20.4 Å². The lowest BCUT2D eigenvalue weighted by Gasteiger charge is -2.22. The van der Waals surface area contributed by atoms with E-state index in [9.17, 15) is 18.8 Å². The highest BCUT2D eigenvalue weighted by Gasteiger charge is 2.21. The third-order valence-corrected chi connectivity index (χ3v) is 3.74. The van der Waals surface area contributed by atoms with Crippen LogP contribution in [0.4, 0.5) is 15.9 Å². The van der Waals surface area contributed by atoms with Crippen LogP contribution < -0.4 is 21.9 Å². The molecule has 0 aliphatic rings. The number of nitrogens with zero attached hydrogens (tertiary/aromatic N) is 2. The highest BCUT2D eigenvalue weighted by Crippen LogP contribution is 2.16. The lowest BCUT2D eigenvalue weighted by Crippen LogP contribution is -2.39. The van der Waals surface area contributed by atoms with E-state index in [1.165, 1.54) is 12.1 Å². The largest absolute Gasteiger partial charge is 0.384 e. The van der Waals surface area contributed by atoms with Gasteiger partial charge in [0.15, 0.2) is 5.78 Å². The molecule has 1 heterocycles. The molecule has 128 valence electrons. The van der Waals surface area contributed by atoms with Crippen molar-refractivity contribution in [3.8, 4) is 0 Å². The summed E-state index contributed by atoms with van der Waals surface area (Å²) in [5, 5.41) is 0. The van der Waals surface area contributed by atoms with E-state index in [-0.39, 0.29) is 30.3 Å². The number of halogens is 1. The molecule has 24 heavy (non-hydrogen) atoms. The molecule has 0 saturated heterocycles. The number of aromatic amines is 1. The van der Waals surface area contributed by atoms with E-state index in [0.29, 0.717) is 12.2 Å². The maximum absolute atomic E-state index is 13.0. The number of ketones is 1. The van der Waals surface area contributed by atoms with Crippen LogP contribution in [0.1, 0.15) is 24.2 Å². The van der Waals surface area contributed by atoms with E-state index in [1.54, 1.807) is 24.0 Å². The summed E-state index contributed by atoms with van der Waals surface area (Å²) in [6.45, 7) is 4.11. The summed E-state index contributed by atoms with van der Waals surface area (Å²) >= 11 is 0. The summed E-state index contributed by atoms with van der Waals surface area (Å²) in [6.07, 6.45) is 0. The number of benzene rings is 1. The van der Waals surface area contributed by atoms with Gasteiger partial charge in [0.05, 0.1) is 6.54 Å². The van der Waals surface area contributed by atoms with Crippen LogP contribution in [0.15, 0.2) is 33.9 Å². The fourth-order valence-corrected chi connectivity index (χ4v) is 2.46. The zero-order chi connectivity index (χ0) is 17.9. The standard InChI is InChI=1S/C16H19FN4O3/c1-3-20(11-7-5-10(17)6-8-11)9-12(22)13-14(18)21(4-2)16(24)19-15(13)23/h5-8H,3-4,9,18H2,1-2H3,(H,19,23,24). The quantitative estimate of drug-likeness (QED) is 0.767. The van der Waals surface area contributed by atoms with Gasteiger partial charge in [-0.2, -0.15) is 0 Å². The average molecular weight is 334 g/mol. The van der Waals surface area contributed by atoms with Crippen LogP contribution >= 0.6 is 0 Å². The molecule has 0 saturated carbocycles. The molecular weight excluding hydrogens is 315 g/mol. The number of anilines is 2. The Morgan fingerprint density at radius 2 is 1.88 bits per heavy atom. The molecule has 2 rings (SSSR count). The number of hydrogen-bond donors (Lipinski definition) is 2. The van der Waals surface area contributed by atoms with Crippen LogP contribution in [-0.2, 0) is 6.54 Å². The SMILES string of the molecule is CCN(CC(=O)c1c(N)n(CC)c(=O)[nH]c1=O)c1ccc(F)cc1. The Labute approximate surface area is 137 Å². The van der Waals surface area contributed by atoms with Crippen molar-refractivity contribution in [2.75, 3.05) is 23.7 Å². The lowest BCUT2D eigenvalue weighted by atomic mass is 10.1. The Kier molecular flexibility index (Phi) is 5.18. The molecule has 3 N–H and O–H groups in total. The second-order valence-electron chi connectivity index (χ2n) is 5.18. The summed E-state index contributed by atoms with van der Waals surface area (Å²) in [5.41, 5.74) is 4.78. The van der Waals surface area contributed by atoms with E-state index in [0.717, 1.165) is 4.57 Å². The third-order valence-electron chi connectivity index (χ3n) is 3.74. The maximum Gasteiger partial charge on any atom is 0.329 e. The number of likely N-dealkylation sites (N-methyl/N-ethyl adjacent to an activating group) is 1. The number of nitrogens with one attached hydrogen (secondary N) is 1. The maximum atomic E-state index is 13.0. The number of hydrogen-bond acceptors (Lipinski definition) is 5. The number of carbonyl (C=O) groups is 1. The Morgan fingerprint density at radius 3 is 2.42 bits per heavy atom. The van der Waals surface area contributed by atoms with Gasteiger partial charge in [-0.15, -0.1) is 0 Å². The van der Waals surface area contributed by atoms with Crippen LogP contribution in [-0.4, -0.2) is 28.4 Å². The van der Waals surface area contributed by atoms with Crippen molar-refractivity contribution in [3.63, 3.8) is 0 Å². The minimum absolute atomic E-state index is 0.114. The average Bonchev–Trinajstić information content (AvgIpc) is 2.53. The van der Waals surface area contributed by atoms with Crippen molar-refractivity contribution in [1.29, 1.82) is 0 Å². The molecule has 7 nitrogen and oxygen atoms in total. The first-order valence-electron chi connectivity index (χ1n) is 7.55. The topological polar surface area (TPSA) is 101 Å². The van der Waals surface area contributed by atoms with E-state index in [1.807, 2.05) is 6.92 Å². The smallest absolute Gasteiger partial charge is 0.329 e. The summed E-state index contributed by atoms with van der Waals surface area (Å²) < 4.78 is 14.2. The molecule has 0 bridgehead atoms. The van der Waals surface area contributed by atoms with Crippen LogP contribution in [0.3, 0.4) is 0 Å². The van der Waals surface area contributed by atoms with Gasteiger partial charge in [-0.25, -0.2) is 9.18 Å². The number of Topliss-reactive ketones (excluding diaryl/α,β-unsaturated/α-hetero) is 1. The predicted molar refractivity (Wildman–Crippen MR) is 90.0 cm³/mol. The number of nitrogen functional groups attached to an aromatic ring is 1. The Morgan fingerprint density at radius 1 is 1.25 bits per heavy atom. The van der Waals surface area contributed by atoms with Gasteiger partial charge in [0.2, 0.25) is 0 Å². The summed E-state index contributed by atoms with van der Waals surface area (Å²) in [7, 11) is 0. The zero-order valence-corrected chi connectivity index (χ0v) is 13.5. The van der Waals surface area contributed by atoms with Gasteiger partial charge in [0.25, 0.3) is 5.56 Å². The zero-order valence-electron chi connectivity index (χ0n) is 13.5. The van der Waals surface area contributed by atoms with Crippen molar-refractivity contribution in [3.05, 3.63) is 56.5 Å². The Bertz CT molecular complexity index is 855.